The second kappa shape index (κ2) is 9.37. The van der Waals surface area contributed by atoms with Gasteiger partial charge in [0, 0.05) is 38.7 Å². The maximum atomic E-state index is 10.9. The smallest absolute Gasteiger partial charge is 0.138 e. The van der Waals surface area contributed by atoms with Gasteiger partial charge in [0.2, 0.25) is 0 Å². The molecule has 3 heterocycles. The Hall–Kier alpha value is -2.43. The molecule has 0 spiro atoms. The van der Waals surface area contributed by atoms with Gasteiger partial charge in [0.15, 0.2) is 0 Å². The van der Waals surface area contributed by atoms with Crippen LogP contribution in [0.25, 0.3) is 0 Å². The van der Waals surface area contributed by atoms with Crippen molar-refractivity contribution in [3.63, 3.8) is 0 Å². The lowest BCUT2D eigenvalue weighted by Crippen LogP contribution is -2.45. The van der Waals surface area contributed by atoms with E-state index < -0.39 is 11.7 Å². The van der Waals surface area contributed by atoms with Crippen LogP contribution < -0.4 is 4.90 Å². The van der Waals surface area contributed by atoms with E-state index in [4.69, 9.17) is 9.72 Å². The zero-order valence-corrected chi connectivity index (χ0v) is 18.3. The number of aromatic nitrogens is 1. The zero-order valence-electron chi connectivity index (χ0n) is 18.3. The normalized spacial score (nSPS) is 26.5. The Balaban J connectivity index is 1.64. The summed E-state index contributed by atoms with van der Waals surface area (Å²) < 4.78 is 5.38. The minimum Gasteiger partial charge on any atom is -0.388 e. The first kappa shape index (κ1) is 21.8. The summed E-state index contributed by atoms with van der Waals surface area (Å²) in [5.74, 6) is 7.17. The van der Waals surface area contributed by atoms with Crippen molar-refractivity contribution in [2.75, 3.05) is 45.2 Å². The second-order valence-corrected chi connectivity index (χ2v) is 8.70. The highest BCUT2D eigenvalue weighted by molar-refractivity contribution is 5.50. The van der Waals surface area contributed by atoms with Gasteiger partial charge in [-0.05, 0) is 44.1 Å². The van der Waals surface area contributed by atoms with Crippen LogP contribution in [-0.4, -0.2) is 78.2 Å². The Labute approximate surface area is 184 Å². The highest BCUT2D eigenvalue weighted by Crippen LogP contribution is 2.24. The molecule has 164 valence electrons. The van der Waals surface area contributed by atoms with Gasteiger partial charge < -0.3 is 24.7 Å². The fourth-order valence-corrected chi connectivity index (χ4v) is 4.41. The number of hydrogen-bond donors (Lipinski definition) is 2. The van der Waals surface area contributed by atoms with E-state index in [1.54, 1.807) is 7.11 Å². The molecule has 2 aliphatic heterocycles. The fraction of sp³-hybridized carbons (Fsp3) is 0.480. The molecule has 4 rings (SSSR count). The van der Waals surface area contributed by atoms with E-state index in [2.05, 4.69) is 28.9 Å². The van der Waals surface area contributed by atoms with E-state index in [1.165, 1.54) is 0 Å². The molecule has 0 radical (unpaired) electrons. The number of aliphatic hydroxyl groups is 2. The van der Waals surface area contributed by atoms with Crippen LogP contribution in [0.5, 0.6) is 0 Å². The number of methoxy groups -OCH3 is 1. The highest BCUT2D eigenvalue weighted by atomic mass is 16.5. The first-order chi connectivity index (χ1) is 15.0. The van der Waals surface area contributed by atoms with Crippen LogP contribution in [0, 0.1) is 11.8 Å². The molecule has 31 heavy (non-hydrogen) atoms. The summed E-state index contributed by atoms with van der Waals surface area (Å²) in [6.45, 7) is 2.65. The van der Waals surface area contributed by atoms with Crippen LogP contribution in [0.3, 0.4) is 0 Å². The summed E-state index contributed by atoms with van der Waals surface area (Å²) in [6.07, 6.45) is 1.54. The Morgan fingerprint density at radius 2 is 2.00 bits per heavy atom. The van der Waals surface area contributed by atoms with E-state index in [1.807, 2.05) is 42.3 Å². The van der Waals surface area contributed by atoms with Crippen molar-refractivity contribution in [1.29, 1.82) is 0 Å². The van der Waals surface area contributed by atoms with Gasteiger partial charge in [-0.2, -0.15) is 0 Å². The van der Waals surface area contributed by atoms with Crippen LogP contribution in [0.4, 0.5) is 5.82 Å². The summed E-state index contributed by atoms with van der Waals surface area (Å²) in [4.78, 5) is 9.09. The second-order valence-electron chi connectivity index (χ2n) is 8.70. The number of ether oxygens (including phenoxy) is 1. The van der Waals surface area contributed by atoms with Crippen molar-refractivity contribution < 1.29 is 14.9 Å². The lowest BCUT2D eigenvalue weighted by molar-refractivity contribution is 0.0217. The monoisotopic (exact) mass is 421 g/mol. The fourth-order valence-electron chi connectivity index (χ4n) is 4.41. The summed E-state index contributed by atoms with van der Waals surface area (Å²) in [5, 5.41) is 21.1. The van der Waals surface area contributed by atoms with E-state index in [0.29, 0.717) is 32.5 Å². The van der Waals surface area contributed by atoms with Gasteiger partial charge in [-0.3, -0.25) is 0 Å². The third-order valence-corrected chi connectivity index (χ3v) is 6.13. The maximum Gasteiger partial charge on any atom is 0.138 e. The lowest BCUT2D eigenvalue weighted by Gasteiger charge is -2.33. The first-order valence-corrected chi connectivity index (χ1v) is 10.9. The van der Waals surface area contributed by atoms with Crippen molar-refractivity contribution in [2.24, 2.45) is 0 Å². The van der Waals surface area contributed by atoms with Crippen molar-refractivity contribution in [3.05, 3.63) is 59.3 Å². The molecular weight excluding hydrogens is 390 g/mol. The molecule has 6 heteroatoms. The summed E-state index contributed by atoms with van der Waals surface area (Å²) >= 11 is 0. The predicted octanol–water partition coefficient (Wildman–Crippen LogP) is 1.68. The van der Waals surface area contributed by atoms with Gasteiger partial charge in [0.05, 0.1) is 11.8 Å². The van der Waals surface area contributed by atoms with Crippen LogP contribution in [0.2, 0.25) is 0 Å². The number of β-amino-alcohol motifs (C(OH)–C–C–N with tert-alkyl or cyclic N) is 2. The Morgan fingerprint density at radius 3 is 2.71 bits per heavy atom. The number of likely N-dealkylation sites (N-methyl/N-ethyl adjacent to an activating group) is 1. The van der Waals surface area contributed by atoms with Gasteiger partial charge in [-0.25, -0.2) is 4.98 Å². The van der Waals surface area contributed by atoms with E-state index in [-0.39, 0.29) is 6.10 Å². The molecule has 1 aromatic carbocycles. The summed E-state index contributed by atoms with van der Waals surface area (Å²) in [5.41, 5.74) is 1.87. The molecule has 3 unspecified atom stereocenters. The van der Waals surface area contributed by atoms with Gasteiger partial charge in [-0.1, -0.05) is 42.2 Å². The molecular formula is C25H31N3O3. The molecule has 2 fully saturated rings. The number of rotatable bonds is 4. The number of nitrogens with zero attached hydrogens (tertiary/aromatic N) is 3. The minimum absolute atomic E-state index is 0.212. The average molecular weight is 422 g/mol. The number of piperidine rings is 1. The van der Waals surface area contributed by atoms with E-state index in [0.717, 1.165) is 35.6 Å². The molecule has 0 saturated carbocycles. The summed E-state index contributed by atoms with van der Waals surface area (Å²) in [7, 11) is 3.64. The molecule has 1 aromatic heterocycles. The van der Waals surface area contributed by atoms with Crippen LogP contribution in [-0.2, 0) is 11.2 Å². The topological polar surface area (TPSA) is 69.1 Å². The van der Waals surface area contributed by atoms with Gasteiger partial charge in [-0.15, -0.1) is 0 Å². The Kier molecular flexibility index (Phi) is 6.59. The van der Waals surface area contributed by atoms with E-state index >= 15 is 0 Å². The lowest BCUT2D eigenvalue weighted by atomic mass is 9.93. The zero-order chi connectivity index (χ0) is 21.8. The quantitative estimate of drug-likeness (QED) is 0.732. The molecule has 2 aliphatic rings. The van der Waals surface area contributed by atoms with Gasteiger partial charge >= 0.3 is 0 Å². The van der Waals surface area contributed by atoms with Crippen LogP contribution in [0.15, 0.2) is 42.5 Å². The number of hydrogen-bond acceptors (Lipinski definition) is 6. The maximum absolute atomic E-state index is 10.9. The van der Waals surface area contributed by atoms with Crippen molar-refractivity contribution in [2.45, 2.75) is 37.1 Å². The molecule has 3 atom stereocenters. The van der Waals surface area contributed by atoms with Crippen LogP contribution in [0.1, 0.15) is 29.7 Å². The SMILES string of the molecule is COC1CN(c2ccc(C#CC3(O)CCCN(C)C3)c(Cc3ccccc3)n2)CC1O. The van der Waals surface area contributed by atoms with Crippen molar-refractivity contribution >= 4 is 5.82 Å². The van der Waals surface area contributed by atoms with Crippen LogP contribution >= 0.6 is 0 Å². The highest BCUT2D eigenvalue weighted by Gasteiger charge is 2.32. The third-order valence-electron chi connectivity index (χ3n) is 6.13. The third kappa shape index (κ3) is 5.25. The molecule has 0 bridgehead atoms. The van der Waals surface area contributed by atoms with Gasteiger partial charge in [0.1, 0.15) is 17.5 Å². The molecule has 2 saturated heterocycles. The number of likely N-dealkylation sites (tertiary alicyclic amines) is 1. The molecule has 2 N–H and O–H groups in total. The first-order valence-electron chi connectivity index (χ1n) is 10.9. The number of aliphatic hydroxyl groups excluding tert-OH is 1. The molecule has 6 nitrogen and oxygen atoms in total. The Morgan fingerprint density at radius 1 is 1.19 bits per heavy atom. The van der Waals surface area contributed by atoms with Crippen molar-refractivity contribution in [1.82, 2.24) is 9.88 Å². The summed E-state index contributed by atoms with van der Waals surface area (Å²) in [6, 6.07) is 14.1. The molecule has 0 amide bonds. The number of anilines is 1. The van der Waals surface area contributed by atoms with Crippen molar-refractivity contribution in [3.8, 4) is 11.8 Å². The minimum atomic E-state index is -0.986. The molecule has 0 aliphatic carbocycles. The average Bonchev–Trinajstić information content (AvgIpc) is 3.14. The van der Waals surface area contributed by atoms with E-state index in [9.17, 15) is 10.2 Å². The largest absolute Gasteiger partial charge is 0.388 e. The standard InChI is InChI=1S/C25H31N3O3/c1-27-14-6-12-25(30,18-27)13-11-20-9-10-24(28-16-22(29)23(17-28)31-2)26-21(20)15-19-7-4-3-5-8-19/h3-5,7-10,22-23,29-30H,6,12,14-18H2,1-2H3. The number of benzene rings is 1. The number of pyridine rings is 1. The van der Waals surface area contributed by atoms with Gasteiger partial charge in [0.25, 0.3) is 0 Å². The Bertz CT molecular complexity index is 955. The molecule has 2 aromatic rings. The predicted molar refractivity (Wildman–Crippen MR) is 121 cm³/mol.